The molecule has 2 saturated heterocycles. The van der Waals surface area contributed by atoms with E-state index in [1.54, 1.807) is 24.5 Å². The quantitative estimate of drug-likeness (QED) is 0.258. The van der Waals surface area contributed by atoms with Gasteiger partial charge in [-0.1, -0.05) is 30.9 Å². The first-order valence-electron chi connectivity index (χ1n) is 12.7. The summed E-state index contributed by atoms with van der Waals surface area (Å²) in [6.45, 7) is 7.16. The van der Waals surface area contributed by atoms with Crippen molar-refractivity contribution in [2.45, 2.75) is 59.4 Å². The van der Waals surface area contributed by atoms with E-state index in [0.717, 1.165) is 11.8 Å². The summed E-state index contributed by atoms with van der Waals surface area (Å²) in [5.41, 5.74) is 0.613. The second kappa shape index (κ2) is 13.1. The highest BCUT2D eigenvalue weighted by atomic mass is 32.2. The summed E-state index contributed by atoms with van der Waals surface area (Å²) in [5.74, 6) is -1.36. The van der Waals surface area contributed by atoms with Gasteiger partial charge in [-0.05, 0) is 51.2 Å². The van der Waals surface area contributed by atoms with Crippen LogP contribution in [0.15, 0.2) is 9.70 Å². The van der Waals surface area contributed by atoms with Gasteiger partial charge in [-0.25, -0.2) is 0 Å². The number of hydrogen-bond donors (Lipinski definition) is 1. The number of carboxylic acid groups (broad SMARTS) is 1. The number of aliphatic carboxylic acids is 1. The minimum Gasteiger partial charge on any atom is -0.481 e. The Morgan fingerprint density at radius 2 is 2.03 bits per heavy atom. The van der Waals surface area contributed by atoms with E-state index in [-0.39, 0.29) is 49.4 Å². The van der Waals surface area contributed by atoms with Crippen molar-refractivity contribution >= 4 is 58.0 Å². The Morgan fingerprint density at radius 1 is 1.29 bits per heavy atom. The van der Waals surface area contributed by atoms with Crippen LogP contribution in [0, 0.1) is 24.2 Å². The third-order valence-electron chi connectivity index (χ3n) is 6.56. The van der Waals surface area contributed by atoms with Crippen LogP contribution in [-0.4, -0.2) is 63.0 Å². The lowest BCUT2D eigenvalue weighted by Gasteiger charge is -2.36. The van der Waals surface area contributed by atoms with Crippen molar-refractivity contribution in [2.24, 2.45) is 5.92 Å². The standard InChI is InChI=1S/C26H32N4O6S2/c1-4-10-29-22(28-11-6-8-17(15-28)25(35)36-5-2)18(16(3)19(14-27)23(29)33)13-20-24(34)30(26(37)38-20)12-7-9-21(31)32/h13,17H,4-12,15H2,1-3H3,(H,31,32)/b20-13-. The second-order valence-electron chi connectivity index (χ2n) is 9.17. The minimum atomic E-state index is -0.948. The maximum Gasteiger partial charge on any atom is 0.310 e. The van der Waals surface area contributed by atoms with E-state index in [9.17, 15) is 24.4 Å². The van der Waals surface area contributed by atoms with Gasteiger partial charge in [0.05, 0.1) is 17.4 Å². The van der Waals surface area contributed by atoms with Crippen LogP contribution in [0.3, 0.4) is 0 Å². The number of nitriles is 1. The molecule has 0 aliphatic carbocycles. The van der Waals surface area contributed by atoms with Gasteiger partial charge in [-0.2, -0.15) is 5.26 Å². The predicted molar refractivity (Wildman–Crippen MR) is 149 cm³/mol. The SMILES string of the molecule is CCCn1c(N2CCCC(C(=O)OCC)C2)c(/C=C2\SC(=S)N(CCCC(=O)O)C2=O)c(C)c(C#N)c1=O. The van der Waals surface area contributed by atoms with Crippen LogP contribution in [0.25, 0.3) is 6.08 Å². The number of hydrogen-bond acceptors (Lipinski definition) is 9. The van der Waals surface area contributed by atoms with E-state index in [0.29, 0.717) is 65.1 Å². The van der Waals surface area contributed by atoms with Gasteiger partial charge in [0, 0.05) is 38.2 Å². The Hall–Kier alpha value is -3.17. The van der Waals surface area contributed by atoms with Crippen LogP contribution >= 0.6 is 24.0 Å². The largest absolute Gasteiger partial charge is 0.481 e. The summed E-state index contributed by atoms with van der Waals surface area (Å²) in [7, 11) is 0. The fourth-order valence-electron chi connectivity index (χ4n) is 4.75. The maximum atomic E-state index is 13.4. The molecule has 3 rings (SSSR count). The van der Waals surface area contributed by atoms with Gasteiger partial charge in [-0.3, -0.25) is 28.6 Å². The summed E-state index contributed by atoms with van der Waals surface area (Å²) >= 11 is 6.50. The van der Waals surface area contributed by atoms with E-state index < -0.39 is 11.5 Å². The lowest BCUT2D eigenvalue weighted by molar-refractivity contribution is -0.148. The van der Waals surface area contributed by atoms with Crippen molar-refractivity contribution < 1.29 is 24.2 Å². The van der Waals surface area contributed by atoms with Gasteiger partial charge < -0.3 is 14.7 Å². The number of aromatic nitrogens is 1. The topological polar surface area (TPSA) is 133 Å². The highest BCUT2D eigenvalue weighted by molar-refractivity contribution is 8.26. The Balaban J connectivity index is 2.12. The van der Waals surface area contributed by atoms with Crippen LogP contribution in [0.1, 0.15) is 62.6 Å². The average Bonchev–Trinajstić information content (AvgIpc) is 3.14. The smallest absolute Gasteiger partial charge is 0.310 e. The number of pyridine rings is 1. The van der Waals surface area contributed by atoms with Gasteiger partial charge in [0.2, 0.25) is 0 Å². The molecule has 1 amide bonds. The number of thioether (sulfide) groups is 1. The molecule has 1 unspecified atom stereocenters. The monoisotopic (exact) mass is 560 g/mol. The van der Waals surface area contributed by atoms with Gasteiger partial charge in [0.1, 0.15) is 21.8 Å². The highest BCUT2D eigenvalue weighted by Gasteiger charge is 2.34. The van der Waals surface area contributed by atoms with Gasteiger partial charge in [0.25, 0.3) is 11.5 Å². The van der Waals surface area contributed by atoms with E-state index in [1.165, 1.54) is 4.90 Å². The number of piperidine rings is 1. The molecule has 38 heavy (non-hydrogen) atoms. The molecule has 204 valence electrons. The number of ether oxygens (including phenoxy) is 1. The van der Waals surface area contributed by atoms with Crippen LogP contribution in [0.2, 0.25) is 0 Å². The average molecular weight is 561 g/mol. The van der Waals surface area contributed by atoms with E-state index in [4.69, 9.17) is 22.1 Å². The first-order chi connectivity index (χ1) is 18.1. The maximum absolute atomic E-state index is 13.4. The number of thiocarbonyl (C=S) groups is 1. The molecular formula is C26H32N4O6S2. The molecule has 1 N–H and O–H groups in total. The lowest BCUT2D eigenvalue weighted by Crippen LogP contribution is -2.43. The molecule has 0 aromatic carbocycles. The van der Waals surface area contributed by atoms with Crippen molar-refractivity contribution in [3.63, 3.8) is 0 Å². The normalized spacial score (nSPS) is 18.7. The molecule has 0 spiro atoms. The number of nitrogens with zero attached hydrogens (tertiary/aromatic N) is 4. The molecule has 1 aromatic heterocycles. The molecule has 2 fully saturated rings. The van der Waals surface area contributed by atoms with Crippen molar-refractivity contribution in [2.75, 3.05) is 31.1 Å². The number of amides is 1. The van der Waals surface area contributed by atoms with Crippen LogP contribution in [-0.2, 0) is 25.7 Å². The summed E-state index contributed by atoms with van der Waals surface area (Å²) in [5, 5.41) is 18.8. The molecule has 3 heterocycles. The molecular weight excluding hydrogens is 528 g/mol. The molecule has 0 bridgehead atoms. The molecule has 0 radical (unpaired) electrons. The number of anilines is 1. The number of carboxylic acids is 1. The van der Waals surface area contributed by atoms with Crippen LogP contribution < -0.4 is 10.5 Å². The lowest BCUT2D eigenvalue weighted by atomic mass is 9.96. The number of carbonyl (C=O) groups is 3. The highest BCUT2D eigenvalue weighted by Crippen LogP contribution is 2.37. The zero-order chi connectivity index (χ0) is 28.0. The predicted octanol–water partition coefficient (Wildman–Crippen LogP) is 3.28. The second-order valence-corrected chi connectivity index (χ2v) is 10.8. The molecule has 1 atom stereocenters. The van der Waals surface area contributed by atoms with E-state index in [1.807, 2.05) is 17.9 Å². The number of rotatable bonds is 10. The molecule has 2 aliphatic heterocycles. The van der Waals surface area contributed by atoms with Crippen molar-refractivity contribution in [1.82, 2.24) is 9.47 Å². The van der Waals surface area contributed by atoms with Crippen LogP contribution in [0.5, 0.6) is 0 Å². The summed E-state index contributed by atoms with van der Waals surface area (Å²) < 4.78 is 7.15. The van der Waals surface area contributed by atoms with Crippen LogP contribution in [0.4, 0.5) is 5.82 Å². The zero-order valence-corrected chi connectivity index (χ0v) is 23.5. The van der Waals surface area contributed by atoms with Gasteiger partial charge in [0.15, 0.2) is 0 Å². The number of esters is 1. The molecule has 0 saturated carbocycles. The Bertz CT molecular complexity index is 1270. The van der Waals surface area contributed by atoms with E-state index >= 15 is 0 Å². The third-order valence-corrected chi connectivity index (χ3v) is 7.93. The molecule has 10 nitrogen and oxygen atoms in total. The fourth-order valence-corrected chi connectivity index (χ4v) is 6.04. The minimum absolute atomic E-state index is 0.00402. The Kier molecular flexibility index (Phi) is 10.1. The molecule has 1 aromatic rings. The molecule has 2 aliphatic rings. The van der Waals surface area contributed by atoms with Crippen molar-refractivity contribution in [1.29, 1.82) is 5.26 Å². The summed E-state index contributed by atoms with van der Waals surface area (Å²) in [4.78, 5) is 53.8. The zero-order valence-electron chi connectivity index (χ0n) is 21.8. The van der Waals surface area contributed by atoms with Gasteiger partial charge >= 0.3 is 11.9 Å². The fraction of sp³-hybridized carbons (Fsp3) is 0.538. The van der Waals surface area contributed by atoms with Crippen molar-refractivity contribution in [3.05, 3.63) is 31.9 Å². The van der Waals surface area contributed by atoms with E-state index in [2.05, 4.69) is 0 Å². The summed E-state index contributed by atoms with van der Waals surface area (Å²) in [6.07, 6.45) is 3.88. The Labute approximate surface area is 231 Å². The van der Waals surface area contributed by atoms with Crippen molar-refractivity contribution in [3.8, 4) is 6.07 Å². The third kappa shape index (κ3) is 6.27. The van der Waals surface area contributed by atoms with Gasteiger partial charge in [-0.15, -0.1) is 0 Å². The Morgan fingerprint density at radius 3 is 2.66 bits per heavy atom. The summed E-state index contributed by atoms with van der Waals surface area (Å²) in [6, 6.07) is 2.03. The molecule has 12 heteroatoms. The first-order valence-corrected chi connectivity index (χ1v) is 13.9. The number of carbonyl (C=O) groups excluding carboxylic acids is 2. The first kappa shape index (κ1) is 29.4.